The number of fused-ring (bicyclic) bond motifs is 1. The molecule has 41 heavy (non-hydrogen) atoms. The van der Waals surface area contributed by atoms with Crippen molar-refractivity contribution in [1.29, 1.82) is 0 Å². The molecule has 5 atom stereocenters. The lowest BCUT2D eigenvalue weighted by molar-refractivity contribution is -0.158. The van der Waals surface area contributed by atoms with Gasteiger partial charge in [0.1, 0.15) is 11.8 Å². The number of piperidine rings is 1. The molecular weight excluding hydrogens is 526 g/mol. The number of carbonyl (C=O) groups excluding carboxylic acids is 4. The van der Waals surface area contributed by atoms with Crippen LogP contribution >= 0.6 is 0 Å². The van der Waals surface area contributed by atoms with Gasteiger partial charge in [-0.3, -0.25) is 24.1 Å². The molecule has 1 saturated carbocycles. The van der Waals surface area contributed by atoms with Crippen molar-refractivity contribution >= 4 is 40.4 Å². The van der Waals surface area contributed by atoms with Crippen molar-refractivity contribution < 1.29 is 34.2 Å². The molecule has 1 aliphatic carbocycles. The van der Waals surface area contributed by atoms with E-state index in [1.807, 2.05) is 31.2 Å². The molecule has 0 bridgehead atoms. The average Bonchev–Trinajstić information content (AvgIpc) is 3.27. The van der Waals surface area contributed by atoms with E-state index in [9.17, 15) is 34.2 Å². The Morgan fingerprint density at radius 3 is 2.41 bits per heavy atom. The number of imide groups is 1. The first-order valence-electron chi connectivity index (χ1n) is 14.4. The maximum Gasteiger partial charge on any atom is 0.326 e. The molecule has 3 amide bonds. The Morgan fingerprint density at radius 2 is 1.76 bits per heavy atom. The standard InChI is InChI=1S/C31H41N3O7/c1-17-9-18(2)29(39)22(10-17)25(35)11-19-12-27(37)34(28(38)13-19)31(3,4)15-26(36)33-24(30(40)41)14-20-16-32-23-8-6-5-7-21(20)23/h5-8,16-19,22,24-25,32,35H,9-15H2,1-4H3,(H,33,36)(H,40,41)/t17-,18?,22?,24?,25+/m0/s1. The highest BCUT2D eigenvalue weighted by molar-refractivity contribution is 5.99. The number of hydrogen-bond donors (Lipinski definition) is 4. The fourth-order valence-electron chi connectivity index (χ4n) is 6.75. The molecule has 1 aromatic heterocycles. The molecule has 4 rings (SSSR count). The van der Waals surface area contributed by atoms with Crippen molar-refractivity contribution in [2.75, 3.05) is 0 Å². The second kappa shape index (κ2) is 12.1. The lowest BCUT2D eigenvalue weighted by atomic mass is 9.71. The number of aliphatic carboxylic acids is 1. The molecule has 0 radical (unpaired) electrons. The molecular formula is C31H41N3O7. The van der Waals surface area contributed by atoms with Crippen LogP contribution in [0.2, 0.25) is 0 Å². The highest BCUT2D eigenvalue weighted by Crippen LogP contribution is 2.36. The molecule has 2 fully saturated rings. The second-order valence-corrected chi connectivity index (χ2v) is 12.7. The van der Waals surface area contributed by atoms with E-state index in [0.717, 1.165) is 27.8 Å². The number of rotatable bonds is 10. The van der Waals surface area contributed by atoms with E-state index in [0.29, 0.717) is 12.3 Å². The summed E-state index contributed by atoms with van der Waals surface area (Å²) in [5.41, 5.74) is 0.429. The number of carboxylic acid groups (broad SMARTS) is 1. The Kier molecular flexibility index (Phi) is 9.01. The largest absolute Gasteiger partial charge is 0.480 e. The molecule has 222 valence electrons. The number of aliphatic hydroxyl groups excluding tert-OH is 1. The summed E-state index contributed by atoms with van der Waals surface area (Å²) in [6.45, 7) is 7.16. The number of benzene rings is 1. The van der Waals surface area contributed by atoms with Crippen LogP contribution in [0.15, 0.2) is 30.5 Å². The molecule has 2 heterocycles. The monoisotopic (exact) mass is 567 g/mol. The molecule has 10 nitrogen and oxygen atoms in total. The zero-order valence-electron chi connectivity index (χ0n) is 24.2. The number of para-hydroxylation sites is 1. The third-order valence-electron chi connectivity index (χ3n) is 8.66. The summed E-state index contributed by atoms with van der Waals surface area (Å²) >= 11 is 0. The van der Waals surface area contributed by atoms with Crippen LogP contribution in [0.25, 0.3) is 10.9 Å². The number of aliphatic hydroxyl groups is 1. The van der Waals surface area contributed by atoms with Crippen LogP contribution < -0.4 is 5.32 Å². The number of carboxylic acids is 1. The number of aromatic nitrogens is 1. The first kappa shape index (κ1) is 30.4. The molecule has 0 spiro atoms. The number of ketones is 1. The van der Waals surface area contributed by atoms with E-state index in [2.05, 4.69) is 17.2 Å². The van der Waals surface area contributed by atoms with Gasteiger partial charge in [-0.25, -0.2) is 4.79 Å². The molecule has 1 saturated heterocycles. The minimum absolute atomic E-state index is 0.0260. The fourth-order valence-corrected chi connectivity index (χ4v) is 6.75. The predicted octanol–water partition coefficient (Wildman–Crippen LogP) is 3.22. The van der Waals surface area contributed by atoms with Gasteiger partial charge in [0.05, 0.1) is 11.6 Å². The van der Waals surface area contributed by atoms with Gasteiger partial charge in [0.15, 0.2) is 0 Å². The van der Waals surface area contributed by atoms with Gasteiger partial charge in [-0.05, 0) is 56.6 Å². The van der Waals surface area contributed by atoms with Gasteiger partial charge in [0, 0.05) is 54.6 Å². The summed E-state index contributed by atoms with van der Waals surface area (Å²) in [5.74, 6) is -3.28. The maximum atomic E-state index is 13.2. The Bertz CT molecular complexity index is 1310. The van der Waals surface area contributed by atoms with Crippen molar-refractivity contribution in [2.24, 2.45) is 23.7 Å². The third kappa shape index (κ3) is 6.86. The molecule has 2 aliphatic rings. The SMILES string of the molecule is CC1C[C@H](C)CC([C@H](O)CC2CC(=O)N(C(C)(C)CC(=O)NC(Cc3c[nH]c4ccccc34)C(=O)O)C(=O)C2)C1=O. The number of nitrogens with one attached hydrogen (secondary N) is 2. The summed E-state index contributed by atoms with van der Waals surface area (Å²) in [4.78, 5) is 68.1. The number of hydrogen-bond acceptors (Lipinski definition) is 6. The van der Waals surface area contributed by atoms with E-state index < -0.39 is 53.2 Å². The molecule has 3 unspecified atom stereocenters. The number of likely N-dealkylation sites (tertiary alicyclic amines) is 1. The number of nitrogens with zero attached hydrogens (tertiary/aromatic N) is 1. The average molecular weight is 568 g/mol. The van der Waals surface area contributed by atoms with Crippen LogP contribution in [0.5, 0.6) is 0 Å². The van der Waals surface area contributed by atoms with Gasteiger partial charge in [-0.1, -0.05) is 32.0 Å². The van der Waals surface area contributed by atoms with E-state index in [-0.39, 0.29) is 43.8 Å². The molecule has 10 heteroatoms. The maximum absolute atomic E-state index is 13.2. The van der Waals surface area contributed by atoms with Crippen LogP contribution in [0.1, 0.15) is 71.8 Å². The lowest BCUT2D eigenvalue weighted by Gasteiger charge is -2.41. The third-order valence-corrected chi connectivity index (χ3v) is 8.66. The Morgan fingerprint density at radius 1 is 1.10 bits per heavy atom. The van der Waals surface area contributed by atoms with Crippen molar-refractivity contribution in [3.05, 3.63) is 36.0 Å². The molecule has 2 aromatic rings. The van der Waals surface area contributed by atoms with Gasteiger partial charge in [-0.2, -0.15) is 0 Å². The zero-order valence-corrected chi connectivity index (χ0v) is 24.2. The van der Waals surface area contributed by atoms with E-state index in [1.165, 1.54) is 0 Å². The zero-order chi connectivity index (χ0) is 30.1. The van der Waals surface area contributed by atoms with Crippen LogP contribution in [-0.2, 0) is 30.4 Å². The Balaban J connectivity index is 1.36. The quantitative estimate of drug-likeness (QED) is 0.321. The van der Waals surface area contributed by atoms with Crippen LogP contribution in [0.4, 0.5) is 0 Å². The second-order valence-electron chi connectivity index (χ2n) is 12.7. The first-order chi connectivity index (χ1) is 19.3. The van der Waals surface area contributed by atoms with Gasteiger partial charge < -0.3 is 20.5 Å². The van der Waals surface area contributed by atoms with Crippen LogP contribution in [0, 0.1) is 23.7 Å². The van der Waals surface area contributed by atoms with Crippen LogP contribution in [-0.4, -0.2) is 67.3 Å². The number of H-pyrrole nitrogens is 1. The van der Waals surface area contributed by atoms with Crippen molar-refractivity contribution in [2.45, 2.75) is 90.3 Å². The Labute approximate surface area is 239 Å². The predicted molar refractivity (Wildman–Crippen MR) is 152 cm³/mol. The smallest absolute Gasteiger partial charge is 0.326 e. The van der Waals surface area contributed by atoms with Crippen molar-refractivity contribution in [1.82, 2.24) is 15.2 Å². The number of Topliss-reactive ketones (excluding diaryl/α,β-unsaturated/α-hetero) is 1. The highest BCUT2D eigenvalue weighted by Gasteiger charge is 2.44. The summed E-state index contributed by atoms with van der Waals surface area (Å²) in [5, 5.41) is 24.1. The number of amides is 3. The highest BCUT2D eigenvalue weighted by atomic mass is 16.4. The fraction of sp³-hybridized carbons (Fsp3) is 0.581. The minimum atomic E-state index is -1.19. The molecule has 1 aliphatic heterocycles. The summed E-state index contributed by atoms with van der Waals surface area (Å²) in [6.07, 6.45) is 2.27. The van der Waals surface area contributed by atoms with Crippen LogP contribution in [0.3, 0.4) is 0 Å². The van der Waals surface area contributed by atoms with E-state index >= 15 is 0 Å². The number of aromatic amines is 1. The normalized spacial score (nSPS) is 24.0. The van der Waals surface area contributed by atoms with Crippen molar-refractivity contribution in [3.8, 4) is 0 Å². The van der Waals surface area contributed by atoms with E-state index in [1.54, 1.807) is 20.0 Å². The van der Waals surface area contributed by atoms with Gasteiger partial charge in [0.25, 0.3) is 0 Å². The summed E-state index contributed by atoms with van der Waals surface area (Å²) < 4.78 is 0. The molecule has 4 N–H and O–H groups in total. The summed E-state index contributed by atoms with van der Waals surface area (Å²) in [6, 6.07) is 6.28. The van der Waals surface area contributed by atoms with E-state index in [4.69, 9.17) is 0 Å². The lowest BCUT2D eigenvalue weighted by Crippen LogP contribution is -2.57. The Hall–Kier alpha value is -3.53. The first-order valence-corrected chi connectivity index (χ1v) is 14.4. The van der Waals surface area contributed by atoms with Gasteiger partial charge >= 0.3 is 5.97 Å². The van der Waals surface area contributed by atoms with Gasteiger partial charge in [0.2, 0.25) is 17.7 Å². The number of carbonyl (C=O) groups is 5. The minimum Gasteiger partial charge on any atom is -0.480 e. The van der Waals surface area contributed by atoms with Gasteiger partial charge in [-0.15, -0.1) is 0 Å². The molecule has 1 aromatic carbocycles. The topological polar surface area (TPSA) is 157 Å². The van der Waals surface area contributed by atoms with Crippen molar-refractivity contribution in [3.63, 3.8) is 0 Å². The summed E-state index contributed by atoms with van der Waals surface area (Å²) in [7, 11) is 0.